The number of esters is 1. The van der Waals surface area contributed by atoms with E-state index in [4.69, 9.17) is 4.74 Å². The second-order valence-electron chi connectivity index (χ2n) is 7.60. The van der Waals surface area contributed by atoms with E-state index in [1.165, 1.54) is 12.7 Å². The fourth-order valence-corrected chi connectivity index (χ4v) is 3.69. The lowest BCUT2D eigenvalue weighted by Crippen LogP contribution is -2.47. The maximum Gasteiger partial charge on any atom is 0.337 e. The number of rotatable bonds is 7. The van der Waals surface area contributed by atoms with Gasteiger partial charge in [-0.05, 0) is 36.1 Å². The van der Waals surface area contributed by atoms with Crippen LogP contribution in [0.3, 0.4) is 0 Å². The van der Waals surface area contributed by atoms with Crippen LogP contribution < -0.4 is 15.5 Å². The van der Waals surface area contributed by atoms with Crippen LogP contribution in [0.2, 0.25) is 0 Å². The van der Waals surface area contributed by atoms with E-state index in [-0.39, 0.29) is 11.9 Å². The topological polar surface area (TPSA) is 70.7 Å². The lowest BCUT2D eigenvalue weighted by Gasteiger charge is -2.31. The van der Waals surface area contributed by atoms with Gasteiger partial charge in [0.05, 0.1) is 18.7 Å². The van der Waals surface area contributed by atoms with Gasteiger partial charge in [-0.1, -0.05) is 56.3 Å². The quantitative estimate of drug-likeness (QED) is 0.677. The van der Waals surface area contributed by atoms with E-state index in [0.29, 0.717) is 11.3 Å². The SMILES string of the molecule is CCN(Cc1ccccc1)c1ccc(C2NC(=O)NC(C(C)C)=C2C(=O)OC)cc1. The third-order valence-electron chi connectivity index (χ3n) is 5.27. The maximum atomic E-state index is 12.5. The minimum absolute atomic E-state index is 0.0200. The van der Waals surface area contributed by atoms with Crippen LogP contribution in [0.1, 0.15) is 37.9 Å². The first-order valence-corrected chi connectivity index (χ1v) is 10.2. The number of urea groups is 1. The monoisotopic (exact) mass is 407 g/mol. The number of hydrogen-bond acceptors (Lipinski definition) is 4. The number of anilines is 1. The van der Waals surface area contributed by atoms with E-state index in [1.807, 2.05) is 56.3 Å². The molecule has 1 aliphatic heterocycles. The Balaban J connectivity index is 1.90. The Kier molecular flexibility index (Phi) is 6.77. The number of hydrogen-bond donors (Lipinski definition) is 2. The van der Waals surface area contributed by atoms with Gasteiger partial charge in [-0.2, -0.15) is 0 Å². The summed E-state index contributed by atoms with van der Waals surface area (Å²) in [5, 5.41) is 5.63. The van der Waals surface area contributed by atoms with Gasteiger partial charge in [0.1, 0.15) is 0 Å². The summed E-state index contributed by atoms with van der Waals surface area (Å²) in [6, 6.07) is 17.4. The Morgan fingerprint density at radius 3 is 2.33 bits per heavy atom. The number of nitrogens with zero attached hydrogens (tertiary/aromatic N) is 1. The molecule has 3 rings (SSSR count). The standard InChI is InChI=1S/C24H29N3O3/c1-5-27(15-17-9-7-6-8-10-17)19-13-11-18(12-14-19)22-20(23(28)30-4)21(16(2)3)25-24(29)26-22/h6-14,16,22H,5,15H2,1-4H3,(H2,25,26,29). The highest BCUT2D eigenvalue weighted by Crippen LogP contribution is 2.31. The summed E-state index contributed by atoms with van der Waals surface area (Å²) < 4.78 is 5.01. The lowest BCUT2D eigenvalue weighted by molar-refractivity contribution is -0.136. The van der Waals surface area contributed by atoms with Crippen molar-refractivity contribution in [2.45, 2.75) is 33.4 Å². The van der Waals surface area contributed by atoms with Crippen LogP contribution in [0.5, 0.6) is 0 Å². The predicted molar refractivity (Wildman–Crippen MR) is 118 cm³/mol. The van der Waals surface area contributed by atoms with E-state index >= 15 is 0 Å². The van der Waals surface area contributed by atoms with E-state index in [2.05, 4.69) is 34.6 Å². The molecular weight excluding hydrogens is 378 g/mol. The molecule has 2 amide bonds. The molecule has 6 nitrogen and oxygen atoms in total. The molecule has 0 bridgehead atoms. The molecule has 1 aliphatic rings. The van der Waals surface area contributed by atoms with E-state index in [9.17, 15) is 9.59 Å². The van der Waals surface area contributed by atoms with Gasteiger partial charge in [-0.3, -0.25) is 0 Å². The number of allylic oxidation sites excluding steroid dienone is 1. The van der Waals surface area contributed by atoms with Crippen LogP contribution in [0.25, 0.3) is 0 Å². The lowest BCUT2D eigenvalue weighted by atomic mass is 9.91. The molecule has 0 aromatic heterocycles. The van der Waals surface area contributed by atoms with Crippen molar-refractivity contribution in [3.63, 3.8) is 0 Å². The number of carbonyl (C=O) groups excluding carboxylic acids is 2. The Bertz CT molecular complexity index is 920. The predicted octanol–water partition coefficient (Wildman–Crippen LogP) is 4.15. The van der Waals surface area contributed by atoms with Crippen LogP contribution in [-0.4, -0.2) is 25.7 Å². The molecule has 2 aromatic rings. The van der Waals surface area contributed by atoms with E-state index < -0.39 is 12.0 Å². The van der Waals surface area contributed by atoms with Gasteiger partial charge in [0, 0.05) is 24.5 Å². The van der Waals surface area contributed by atoms with Gasteiger partial charge in [0.2, 0.25) is 0 Å². The molecule has 1 heterocycles. The summed E-state index contributed by atoms with van der Waals surface area (Å²) in [6.07, 6.45) is 0. The maximum absolute atomic E-state index is 12.5. The molecule has 2 aromatic carbocycles. The minimum Gasteiger partial charge on any atom is -0.466 e. The van der Waals surface area contributed by atoms with Crippen molar-refractivity contribution in [2.75, 3.05) is 18.6 Å². The Hall–Kier alpha value is -3.28. The molecule has 0 saturated carbocycles. The van der Waals surface area contributed by atoms with Crippen molar-refractivity contribution in [2.24, 2.45) is 5.92 Å². The second kappa shape index (κ2) is 9.48. The Morgan fingerprint density at radius 1 is 1.10 bits per heavy atom. The summed E-state index contributed by atoms with van der Waals surface area (Å²) in [7, 11) is 1.35. The molecule has 158 valence electrons. The highest BCUT2D eigenvalue weighted by molar-refractivity contribution is 5.95. The number of ether oxygens (including phenoxy) is 1. The summed E-state index contributed by atoms with van der Waals surface area (Å²) >= 11 is 0. The summed E-state index contributed by atoms with van der Waals surface area (Å²) in [4.78, 5) is 27.0. The summed E-state index contributed by atoms with van der Waals surface area (Å²) in [5.74, 6) is -0.465. The number of nitrogens with one attached hydrogen (secondary N) is 2. The molecule has 30 heavy (non-hydrogen) atoms. The third kappa shape index (κ3) is 4.64. The van der Waals surface area contributed by atoms with Crippen molar-refractivity contribution in [1.29, 1.82) is 0 Å². The van der Waals surface area contributed by atoms with Gasteiger partial charge in [0.15, 0.2) is 0 Å². The van der Waals surface area contributed by atoms with Crippen LogP contribution in [0.15, 0.2) is 65.9 Å². The molecule has 0 fully saturated rings. The van der Waals surface area contributed by atoms with Crippen LogP contribution in [-0.2, 0) is 16.1 Å². The van der Waals surface area contributed by atoms with Gasteiger partial charge in [-0.25, -0.2) is 9.59 Å². The zero-order chi connectivity index (χ0) is 21.7. The van der Waals surface area contributed by atoms with Crippen molar-refractivity contribution >= 4 is 17.7 Å². The number of amides is 2. The first kappa shape index (κ1) is 21.4. The first-order chi connectivity index (χ1) is 14.4. The van der Waals surface area contributed by atoms with Gasteiger partial charge < -0.3 is 20.3 Å². The number of benzene rings is 2. The second-order valence-corrected chi connectivity index (χ2v) is 7.60. The molecule has 0 spiro atoms. The highest BCUT2D eigenvalue weighted by atomic mass is 16.5. The van der Waals surface area contributed by atoms with E-state index in [0.717, 1.165) is 24.3 Å². The molecule has 1 unspecified atom stereocenters. The Labute approximate surface area is 177 Å². The molecule has 1 atom stereocenters. The average Bonchev–Trinajstić information content (AvgIpc) is 2.77. The first-order valence-electron chi connectivity index (χ1n) is 10.2. The van der Waals surface area contributed by atoms with Crippen LogP contribution >= 0.6 is 0 Å². The molecule has 0 radical (unpaired) electrons. The van der Waals surface area contributed by atoms with Crippen molar-refractivity contribution < 1.29 is 14.3 Å². The van der Waals surface area contributed by atoms with Crippen molar-refractivity contribution in [3.05, 3.63) is 77.0 Å². The largest absolute Gasteiger partial charge is 0.466 e. The zero-order valence-corrected chi connectivity index (χ0v) is 17.9. The Morgan fingerprint density at radius 2 is 1.77 bits per heavy atom. The highest BCUT2D eigenvalue weighted by Gasteiger charge is 2.34. The minimum atomic E-state index is -0.554. The molecule has 0 saturated heterocycles. The third-order valence-corrected chi connectivity index (χ3v) is 5.27. The number of carbonyl (C=O) groups is 2. The fourth-order valence-electron chi connectivity index (χ4n) is 3.69. The molecule has 2 N–H and O–H groups in total. The normalized spacial score (nSPS) is 16.2. The van der Waals surface area contributed by atoms with E-state index in [1.54, 1.807) is 0 Å². The average molecular weight is 408 g/mol. The summed E-state index contributed by atoms with van der Waals surface area (Å²) in [5.41, 5.74) is 4.20. The smallest absolute Gasteiger partial charge is 0.337 e. The van der Waals surface area contributed by atoms with Gasteiger partial charge >= 0.3 is 12.0 Å². The number of methoxy groups -OCH3 is 1. The van der Waals surface area contributed by atoms with Gasteiger partial charge in [-0.15, -0.1) is 0 Å². The summed E-state index contributed by atoms with van der Waals surface area (Å²) in [6.45, 7) is 7.67. The fraction of sp³-hybridized carbons (Fsp3) is 0.333. The van der Waals surface area contributed by atoms with Crippen molar-refractivity contribution in [1.82, 2.24) is 10.6 Å². The molecule has 6 heteroatoms. The zero-order valence-electron chi connectivity index (χ0n) is 17.9. The van der Waals surface area contributed by atoms with Crippen molar-refractivity contribution in [3.8, 4) is 0 Å². The molecular formula is C24H29N3O3. The van der Waals surface area contributed by atoms with Crippen LogP contribution in [0.4, 0.5) is 10.5 Å². The van der Waals surface area contributed by atoms with Crippen LogP contribution in [0, 0.1) is 5.92 Å². The van der Waals surface area contributed by atoms with Gasteiger partial charge in [0.25, 0.3) is 0 Å². The molecule has 0 aliphatic carbocycles.